The summed E-state index contributed by atoms with van der Waals surface area (Å²) < 4.78 is 15.8. The molecule has 0 aliphatic carbocycles. The van der Waals surface area contributed by atoms with Gasteiger partial charge in [0.1, 0.15) is 11.5 Å². The van der Waals surface area contributed by atoms with Crippen LogP contribution in [0.2, 0.25) is 0 Å². The van der Waals surface area contributed by atoms with Crippen molar-refractivity contribution in [2.75, 3.05) is 26.2 Å². The number of nitrogens with zero attached hydrogens (tertiary/aromatic N) is 3. The van der Waals surface area contributed by atoms with E-state index in [-0.39, 0.29) is 5.82 Å². The van der Waals surface area contributed by atoms with Gasteiger partial charge in [-0.2, -0.15) is 0 Å². The van der Waals surface area contributed by atoms with Gasteiger partial charge in [-0.3, -0.25) is 9.30 Å². The van der Waals surface area contributed by atoms with Gasteiger partial charge >= 0.3 is 0 Å². The second-order valence-electron chi connectivity index (χ2n) is 6.73. The molecule has 0 atom stereocenters. The maximum atomic E-state index is 13.9. The van der Waals surface area contributed by atoms with Gasteiger partial charge in [0, 0.05) is 31.4 Å². The van der Waals surface area contributed by atoms with Gasteiger partial charge in [-0.1, -0.05) is 29.8 Å². The minimum Gasteiger partial charge on any atom is -0.315 e. The van der Waals surface area contributed by atoms with Gasteiger partial charge < -0.3 is 5.32 Å². The average molecular weight is 338 g/mol. The summed E-state index contributed by atoms with van der Waals surface area (Å²) >= 11 is 0. The number of hydrogen-bond donors (Lipinski definition) is 1. The van der Waals surface area contributed by atoms with Gasteiger partial charge in [0.25, 0.3) is 0 Å². The zero-order valence-electron chi connectivity index (χ0n) is 14.5. The van der Waals surface area contributed by atoms with Gasteiger partial charge in [-0.05, 0) is 38.6 Å². The molecule has 0 amide bonds. The fourth-order valence-corrected chi connectivity index (χ4v) is 3.43. The fourth-order valence-electron chi connectivity index (χ4n) is 3.43. The molecule has 1 fully saturated rings. The monoisotopic (exact) mass is 338 g/mol. The summed E-state index contributed by atoms with van der Waals surface area (Å²) in [4.78, 5) is 7.22. The van der Waals surface area contributed by atoms with Gasteiger partial charge in [0.05, 0.1) is 11.4 Å². The van der Waals surface area contributed by atoms with E-state index in [9.17, 15) is 4.39 Å². The molecule has 3 heterocycles. The molecule has 5 heteroatoms. The van der Waals surface area contributed by atoms with Crippen LogP contribution in [-0.2, 0) is 6.54 Å². The Morgan fingerprint density at radius 3 is 2.76 bits per heavy atom. The summed E-state index contributed by atoms with van der Waals surface area (Å²) in [5.74, 6) is -0.237. The predicted octanol–water partition coefficient (Wildman–Crippen LogP) is 3.24. The van der Waals surface area contributed by atoms with Gasteiger partial charge in [0.2, 0.25) is 0 Å². The molecule has 4 nitrogen and oxygen atoms in total. The summed E-state index contributed by atoms with van der Waals surface area (Å²) in [6.07, 6.45) is 2.68. The smallest absolute Gasteiger partial charge is 0.139 e. The van der Waals surface area contributed by atoms with Crippen LogP contribution >= 0.6 is 0 Å². The lowest BCUT2D eigenvalue weighted by molar-refractivity contribution is 0.280. The standard InChI is InChI=1S/C20H23FN4/c1-15-3-5-16(6-4-15)20-18(14-24-11-2-9-22-10-12-24)25-13-17(21)7-8-19(25)23-20/h3-8,13,22H,2,9-12,14H2,1H3. The van der Waals surface area contributed by atoms with E-state index in [1.165, 1.54) is 11.6 Å². The zero-order chi connectivity index (χ0) is 17.2. The van der Waals surface area contributed by atoms with Gasteiger partial charge in [0.15, 0.2) is 0 Å². The Hall–Kier alpha value is -2.24. The molecular weight excluding hydrogens is 315 g/mol. The van der Waals surface area contributed by atoms with E-state index in [2.05, 4.69) is 41.4 Å². The first-order chi connectivity index (χ1) is 12.2. The van der Waals surface area contributed by atoms with Crippen LogP contribution in [0, 0.1) is 12.7 Å². The van der Waals surface area contributed by atoms with E-state index in [0.717, 1.165) is 61.7 Å². The lowest BCUT2D eigenvalue weighted by atomic mass is 10.1. The van der Waals surface area contributed by atoms with Crippen LogP contribution in [0.1, 0.15) is 17.7 Å². The summed E-state index contributed by atoms with van der Waals surface area (Å²) in [7, 11) is 0. The molecule has 0 unspecified atom stereocenters. The zero-order valence-corrected chi connectivity index (χ0v) is 14.5. The Labute approximate surface area is 147 Å². The van der Waals surface area contributed by atoms with Crippen molar-refractivity contribution >= 4 is 5.65 Å². The maximum absolute atomic E-state index is 13.9. The van der Waals surface area contributed by atoms with Crippen molar-refractivity contribution in [3.8, 4) is 11.3 Å². The van der Waals surface area contributed by atoms with Crippen LogP contribution in [-0.4, -0.2) is 40.5 Å². The molecule has 1 aliphatic heterocycles. The molecule has 0 spiro atoms. The van der Waals surface area contributed by atoms with Crippen LogP contribution in [0.15, 0.2) is 42.6 Å². The first kappa shape index (κ1) is 16.2. The van der Waals surface area contributed by atoms with Crippen LogP contribution in [0.3, 0.4) is 0 Å². The highest BCUT2D eigenvalue weighted by Gasteiger charge is 2.18. The van der Waals surface area contributed by atoms with Gasteiger partial charge in [-0.25, -0.2) is 9.37 Å². The van der Waals surface area contributed by atoms with Crippen molar-refractivity contribution in [1.82, 2.24) is 19.6 Å². The fraction of sp³-hybridized carbons (Fsp3) is 0.350. The Balaban J connectivity index is 1.79. The molecule has 3 aromatic rings. The largest absolute Gasteiger partial charge is 0.315 e. The molecule has 0 radical (unpaired) electrons. The van der Waals surface area contributed by atoms with E-state index in [1.807, 2.05) is 4.40 Å². The highest BCUT2D eigenvalue weighted by molar-refractivity contribution is 5.66. The maximum Gasteiger partial charge on any atom is 0.139 e. The molecule has 0 bridgehead atoms. The number of nitrogens with one attached hydrogen (secondary N) is 1. The van der Waals surface area contributed by atoms with E-state index < -0.39 is 0 Å². The number of hydrogen-bond acceptors (Lipinski definition) is 3. The summed E-state index contributed by atoms with van der Waals surface area (Å²) in [5, 5.41) is 3.43. The minimum absolute atomic E-state index is 0.237. The predicted molar refractivity (Wildman–Crippen MR) is 98.1 cm³/mol. The third kappa shape index (κ3) is 3.43. The molecule has 130 valence electrons. The average Bonchev–Trinajstić information content (AvgIpc) is 2.79. The molecule has 1 N–H and O–H groups in total. The van der Waals surface area contributed by atoms with Crippen molar-refractivity contribution in [3.05, 3.63) is 59.7 Å². The highest BCUT2D eigenvalue weighted by atomic mass is 19.1. The number of benzene rings is 1. The third-order valence-electron chi connectivity index (χ3n) is 4.81. The Kier molecular flexibility index (Phi) is 4.51. The van der Waals surface area contributed by atoms with Crippen molar-refractivity contribution in [1.29, 1.82) is 0 Å². The van der Waals surface area contributed by atoms with Gasteiger partial charge in [-0.15, -0.1) is 0 Å². The Morgan fingerprint density at radius 2 is 1.92 bits per heavy atom. The number of fused-ring (bicyclic) bond motifs is 1. The minimum atomic E-state index is -0.237. The van der Waals surface area contributed by atoms with Crippen LogP contribution < -0.4 is 5.32 Å². The van der Waals surface area contributed by atoms with E-state index in [0.29, 0.717) is 0 Å². The highest BCUT2D eigenvalue weighted by Crippen LogP contribution is 2.26. The summed E-state index contributed by atoms with van der Waals surface area (Å²) in [5.41, 5.74) is 5.10. The molecule has 25 heavy (non-hydrogen) atoms. The molecule has 1 saturated heterocycles. The number of rotatable bonds is 3. The topological polar surface area (TPSA) is 32.6 Å². The van der Waals surface area contributed by atoms with E-state index in [1.54, 1.807) is 12.3 Å². The number of aromatic nitrogens is 2. The van der Waals surface area contributed by atoms with Crippen LogP contribution in [0.4, 0.5) is 4.39 Å². The van der Waals surface area contributed by atoms with Crippen molar-refractivity contribution in [2.24, 2.45) is 0 Å². The van der Waals surface area contributed by atoms with Crippen LogP contribution in [0.25, 0.3) is 16.9 Å². The quantitative estimate of drug-likeness (QED) is 0.796. The molecule has 1 aliphatic rings. The van der Waals surface area contributed by atoms with Crippen molar-refractivity contribution in [3.63, 3.8) is 0 Å². The Bertz CT molecular complexity index is 861. The van der Waals surface area contributed by atoms with Crippen molar-refractivity contribution in [2.45, 2.75) is 19.9 Å². The number of aryl methyl sites for hydroxylation is 1. The van der Waals surface area contributed by atoms with E-state index in [4.69, 9.17) is 4.98 Å². The number of imidazole rings is 1. The molecule has 1 aromatic carbocycles. The second kappa shape index (κ2) is 6.94. The normalized spacial score (nSPS) is 16.2. The summed E-state index contributed by atoms with van der Waals surface area (Å²) in [6, 6.07) is 11.6. The first-order valence-electron chi connectivity index (χ1n) is 8.87. The molecule has 0 saturated carbocycles. The van der Waals surface area contributed by atoms with Crippen molar-refractivity contribution < 1.29 is 4.39 Å². The molecular formula is C20H23FN4. The summed E-state index contributed by atoms with van der Waals surface area (Å²) in [6.45, 7) is 6.94. The third-order valence-corrected chi connectivity index (χ3v) is 4.81. The molecule has 2 aromatic heterocycles. The second-order valence-corrected chi connectivity index (χ2v) is 6.73. The van der Waals surface area contributed by atoms with E-state index >= 15 is 0 Å². The SMILES string of the molecule is Cc1ccc(-c2nc3ccc(F)cn3c2CN2CCCNCC2)cc1. The number of halogens is 1. The lowest BCUT2D eigenvalue weighted by Gasteiger charge is -2.20. The molecule has 4 rings (SSSR count). The number of pyridine rings is 1. The Morgan fingerprint density at radius 1 is 1.08 bits per heavy atom. The van der Waals surface area contributed by atoms with Crippen LogP contribution in [0.5, 0.6) is 0 Å². The first-order valence-corrected chi connectivity index (χ1v) is 8.87. The lowest BCUT2D eigenvalue weighted by Crippen LogP contribution is -2.28.